The summed E-state index contributed by atoms with van der Waals surface area (Å²) in [6.07, 6.45) is 0. The zero-order valence-electron chi connectivity index (χ0n) is 7.60. The van der Waals surface area contributed by atoms with E-state index in [9.17, 15) is 0 Å². The van der Waals surface area contributed by atoms with Gasteiger partial charge in [-0.05, 0) is 23.4 Å². The van der Waals surface area contributed by atoms with Crippen LogP contribution in [0.1, 0.15) is 5.56 Å². The van der Waals surface area contributed by atoms with Gasteiger partial charge in [0, 0.05) is 12.6 Å². The number of nitrogens with zero attached hydrogens (tertiary/aromatic N) is 4. The molecule has 0 atom stereocenters. The summed E-state index contributed by atoms with van der Waals surface area (Å²) in [4.78, 5) is 0. The molecule has 4 nitrogen and oxygen atoms in total. The second kappa shape index (κ2) is 2.97. The Morgan fingerprint density at radius 2 is 2.15 bits per heavy atom. The molecule has 0 unspecified atom stereocenters. The van der Waals surface area contributed by atoms with Crippen molar-refractivity contribution in [1.29, 1.82) is 0 Å². The van der Waals surface area contributed by atoms with E-state index in [-0.39, 0.29) is 0 Å². The average Bonchev–Trinajstić information content (AvgIpc) is 2.51. The van der Waals surface area contributed by atoms with Gasteiger partial charge >= 0.3 is 0 Å². The standard InChI is InChI=1S/C9H10N4/c1-7-4-3-5-8(6-7)9-10-11-12-13(9)2/h3-6H,1-2H3. The molecule has 0 fully saturated rings. The lowest BCUT2D eigenvalue weighted by Gasteiger charge is -1.99. The third kappa shape index (κ3) is 1.42. The van der Waals surface area contributed by atoms with E-state index in [0.717, 1.165) is 11.4 Å². The van der Waals surface area contributed by atoms with E-state index in [2.05, 4.69) is 21.6 Å². The first kappa shape index (κ1) is 7.91. The van der Waals surface area contributed by atoms with Crippen LogP contribution in [0.15, 0.2) is 24.3 Å². The topological polar surface area (TPSA) is 43.6 Å². The van der Waals surface area contributed by atoms with Gasteiger partial charge in [-0.1, -0.05) is 23.8 Å². The number of aryl methyl sites for hydroxylation is 2. The molecule has 0 saturated heterocycles. The Bertz CT molecular complexity index is 419. The van der Waals surface area contributed by atoms with Crippen molar-refractivity contribution >= 4 is 0 Å². The second-order valence-corrected chi connectivity index (χ2v) is 3.00. The summed E-state index contributed by atoms with van der Waals surface area (Å²) in [6.45, 7) is 2.05. The third-order valence-corrected chi connectivity index (χ3v) is 1.90. The number of benzene rings is 1. The van der Waals surface area contributed by atoms with E-state index in [1.54, 1.807) is 4.68 Å². The van der Waals surface area contributed by atoms with Gasteiger partial charge in [-0.2, -0.15) is 0 Å². The lowest BCUT2D eigenvalue weighted by atomic mass is 10.1. The Labute approximate surface area is 76.2 Å². The van der Waals surface area contributed by atoms with Crippen molar-refractivity contribution in [3.63, 3.8) is 0 Å². The zero-order valence-corrected chi connectivity index (χ0v) is 7.60. The maximum atomic E-state index is 3.93. The van der Waals surface area contributed by atoms with Gasteiger partial charge in [0.1, 0.15) is 0 Å². The fourth-order valence-electron chi connectivity index (χ4n) is 1.26. The normalized spacial score (nSPS) is 10.3. The SMILES string of the molecule is Cc1cccc(-c2nnnn2C)c1. The van der Waals surface area contributed by atoms with Crippen molar-refractivity contribution in [3.05, 3.63) is 29.8 Å². The first-order chi connectivity index (χ1) is 6.27. The summed E-state index contributed by atoms with van der Waals surface area (Å²) in [6, 6.07) is 8.11. The third-order valence-electron chi connectivity index (χ3n) is 1.90. The Hall–Kier alpha value is -1.71. The van der Waals surface area contributed by atoms with Crippen LogP contribution < -0.4 is 0 Å². The first-order valence-electron chi connectivity index (χ1n) is 4.07. The summed E-state index contributed by atoms with van der Waals surface area (Å²) >= 11 is 0. The maximum absolute atomic E-state index is 3.93. The van der Waals surface area contributed by atoms with Gasteiger partial charge < -0.3 is 0 Å². The fraction of sp³-hybridized carbons (Fsp3) is 0.222. The van der Waals surface area contributed by atoms with Gasteiger partial charge in [-0.25, -0.2) is 4.68 Å². The molecule has 0 aliphatic carbocycles. The summed E-state index contributed by atoms with van der Waals surface area (Å²) in [7, 11) is 1.83. The molecule has 0 radical (unpaired) electrons. The molecule has 0 bridgehead atoms. The van der Waals surface area contributed by atoms with Gasteiger partial charge in [-0.3, -0.25) is 0 Å². The summed E-state index contributed by atoms with van der Waals surface area (Å²) in [5.74, 6) is 0.795. The fourth-order valence-corrected chi connectivity index (χ4v) is 1.26. The van der Waals surface area contributed by atoms with Crippen LogP contribution in [0.4, 0.5) is 0 Å². The molecule has 0 aliphatic rings. The lowest BCUT2D eigenvalue weighted by Crippen LogP contribution is -1.94. The minimum absolute atomic E-state index is 0.795. The number of hydrogen-bond acceptors (Lipinski definition) is 3. The van der Waals surface area contributed by atoms with E-state index in [4.69, 9.17) is 0 Å². The number of hydrogen-bond donors (Lipinski definition) is 0. The summed E-state index contributed by atoms with van der Waals surface area (Å²) in [5.41, 5.74) is 2.26. The van der Waals surface area contributed by atoms with Crippen molar-refractivity contribution in [2.24, 2.45) is 7.05 Å². The number of aromatic nitrogens is 4. The number of tetrazole rings is 1. The Morgan fingerprint density at radius 1 is 1.31 bits per heavy atom. The van der Waals surface area contributed by atoms with Crippen molar-refractivity contribution < 1.29 is 0 Å². The van der Waals surface area contributed by atoms with Gasteiger partial charge in [0.05, 0.1) is 0 Å². The van der Waals surface area contributed by atoms with Crippen LogP contribution in [-0.4, -0.2) is 20.2 Å². The van der Waals surface area contributed by atoms with Crippen LogP contribution in [0.2, 0.25) is 0 Å². The Kier molecular flexibility index (Phi) is 1.81. The molecule has 13 heavy (non-hydrogen) atoms. The van der Waals surface area contributed by atoms with Crippen molar-refractivity contribution in [2.45, 2.75) is 6.92 Å². The van der Waals surface area contributed by atoms with E-state index < -0.39 is 0 Å². The second-order valence-electron chi connectivity index (χ2n) is 3.00. The number of rotatable bonds is 1. The van der Waals surface area contributed by atoms with Crippen LogP contribution in [0.5, 0.6) is 0 Å². The molecule has 2 aromatic rings. The van der Waals surface area contributed by atoms with E-state index >= 15 is 0 Å². The highest BCUT2D eigenvalue weighted by atomic mass is 15.5. The van der Waals surface area contributed by atoms with Crippen molar-refractivity contribution in [1.82, 2.24) is 20.2 Å². The molecule has 1 aromatic heterocycles. The smallest absolute Gasteiger partial charge is 0.181 e. The monoisotopic (exact) mass is 174 g/mol. The molecule has 0 aliphatic heterocycles. The molecular formula is C9H10N4. The lowest BCUT2D eigenvalue weighted by molar-refractivity contribution is 0.714. The van der Waals surface area contributed by atoms with Gasteiger partial charge in [0.25, 0.3) is 0 Å². The molecule has 66 valence electrons. The zero-order chi connectivity index (χ0) is 9.26. The molecular weight excluding hydrogens is 164 g/mol. The highest BCUT2D eigenvalue weighted by molar-refractivity contribution is 5.55. The van der Waals surface area contributed by atoms with Gasteiger partial charge in [0.2, 0.25) is 0 Å². The van der Waals surface area contributed by atoms with Crippen LogP contribution in [0.25, 0.3) is 11.4 Å². The van der Waals surface area contributed by atoms with Crippen LogP contribution in [0.3, 0.4) is 0 Å². The quantitative estimate of drug-likeness (QED) is 0.652. The van der Waals surface area contributed by atoms with Crippen molar-refractivity contribution in [3.8, 4) is 11.4 Å². The summed E-state index contributed by atoms with van der Waals surface area (Å²) in [5, 5.41) is 11.3. The average molecular weight is 174 g/mol. The molecule has 0 N–H and O–H groups in total. The minimum atomic E-state index is 0.795. The maximum Gasteiger partial charge on any atom is 0.181 e. The van der Waals surface area contributed by atoms with E-state index in [0.29, 0.717) is 0 Å². The van der Waals surface area contributed by atoms with E-state index in [1.807, 2.05) is 32.2 Å². The Morgan fingerprint density at radius 3 is 2.77 bits per heavy atom. The molecule has 0 amide bonds. The largest absolute Gasteiger partial charge is 0.229 e. The molecule has 1 aromatic carbocycles. The highest BCUT2D eigenvalue weighted by Gasteiger charge is 2.04. The van der Waals surface area contributed by atoms with Crippen LogP contribution in [-0.2, 0) is 7.05 Å². The van der Waals surface area contributed by atoms with Crippen LogP contribution >= 0.6 is 0 Å². The highest BCUT2D eigenvalue weighted by Crippen LogP contribution is 2.15. The van der Waals surface area contributed by atoms with Gasteiger partial charge in [-0.15, -0.1) is 5.10 Å². The molecule has 2 rings (SSSR count). The predicted molar refractivity (Wildman–Crippen MR) is 49.0 cm³/mol. The van der Waals surface area contributed by atoms with Gasteiger partial charge in [0.15, 0.2) is 5.82 Å². The molecule has 4 heteroatoms. The minimum Gasteiger partial charge on any atom is -0.229 e. The summed E-state index contributed by atoms with van der Waals surface area (Å²) < 4.78 is 1.66. The molecule has 1 heterocycles. The van der Waals surface area contributed by atoms with E-state index in [1.165, 1.54) is 5.56 Å². The predicted octanol–water partition coefficient (Wildman–Crippen LogP) is 1.19. The Balaban J connectivity index is 2.53. The first-order valence-corrected chi connectivity index (χ1v) is 4.07. The van der Waals surface area contributed by atoms with Crippen molar-refractivity contribution in [2.75, 3.05) is 0 Å². The van der Waals surface area contributed by atoms with Crippen LogP contribution in [0, 0.1) is 6.92 Å². The molecule has 0 saturated carbocycles. The molecule has 0 spiro atoms.